The third-order valence-corrected chi connectivity index (χ3v) is 5.35. The molecule has 0 radical (unpaired) electrons. The molecule has 0 unspecified atom stereocenters. The Morgan fingerprint density at radius 3 is 2.48 bits per heavy atom. The van der Waals surface area contributed by atoms with E-state index in [1.54, 1.807) is 12.1 Å². The highest BCUT2D eigenvalue weighted by Crippen LogP contribution is 2.29. The number of rotatable bonds is 5. The lowest BCUT2D eigenvalue weighted by Crippen LogP contribution is -2.42. The van der Waals surface area contributed by atoms with Crippen LogP contribution in [0.15, 0.2) is 88.1 Å². The highest BCUT2D eigenvalue weighted by molar-refractivity contribution is 8.14. The van der Waals surface area contributed by atoms with Gasteiger partial charge in [0.1, 0.15) is 11.5 Å². The molecule has 0 aliphatic carbocycles. The Bertz CT molecular complexity index is 1230. The molecular formula is C23H17FN4O4S. The average molecular weight is 464 g/mol. The zero-order valence-electron chi connectivity index (χ0n) is 17.0. The van der Waals surface area contributed by atoms with Gasteiger partial charge < -0.3 is 4.42 Å². The first-order valence-corrected chi connectivity index (χ1v) is 10.7. The Morgan fingerprint density at radius 2 is 1.79 bits per heavy atom. The monoisotopic (exact) mass is 464 g/mol. The number of furan rings is 1. The van der Waals surface area contributed by atoms with Gasteiger partial charge in [-0.2, -0.15) is 0 Å². The summed E-state index contributed by atoms with van der Waals surface area (Å²) in [5.74, 6) is -2.06. The van der Waals surface area contributed by atoms with Crippen molar-refractivity contribution in [2.24, 2.45) is 4.99 Å². The van der Waals surface area contributed by atoms with Crippen LogP contribution in [0.3, 0.4) is 0 Å². The number of nitrogens with zero attached hydrogens (tertiary/aromatic N) is 2. The SMILES string of the molecule is O=C(CSC1=N/C(=C/c2ccccc2)C(=O)N1c1ccc(F)cc1)NNC(=O)c1ccco1. The fraction of sp³-hybridized carbons (Fsp3) is 0.0435. The summed E-state index contributed by atoms with van der Waals surface area (Å²) in [6.07, 6.45) is 2.97. The number of amides is 3. The number of nitrogens with one attached hydrogen (secondary N) is 2. The predicted molar refractivity (Wildman–Crippen MR) is 123 cm³/mol. The molecule has 1 aliphatic heterocycles. The average Bonchev–Trinajstić information content (AvgIpc) is 3.46. The molecule has 33 heavy (non-hydrogen) atoms. The zero-order valence-corrected chi connectivity index (χ0v) is 17.8. The Hall–Kier alpha value is -4.18. The fourth-order valence-corrected chi connectivity index (χ4v) is 3.69. The first kappa shape index (κ1) is 22.0. The highest BCUT2D eigenvalue weighted by Gasteiger charge is 2.32. The number of aliphatic imine (C=N–C) groups is 1. The second-order valence-electron chi connectivity index (χ2n) is 6.72. The summed E-state index contributed by atoms with van der Waals surface area (Å²) in [4.78, 5) is 42.8. The van der Waals surface area contributed by atoms with E-state index in [0.717, 1.165) is 17.3 Å². The maximum absolute atomic E-state index is 13.4. The van der Waals surface area contributed by atoms with Crippen LogP contribution in [0.4, 0.5) is 10.1 Å². The molecule has 10 heteroatoms. The van der Waals surface area contributed by atoms with Crippen molar-refractivity contribution < 1.29 is 23.2 Å². The van der Waals surface area contributed by atoms with Crippen LogP contribution in [0.2, 0.25) is 0 Å². The largest absolute Gasteiger partial charge is 0.459 e. The van der Waals surface area contributed by atoms with Gasteiger partial charge in [-0.15, -0.1) is 0 Å². The Morgan fingerprint density at radius 1 is 1.03 bits per heavy atom. The van der Waals surface area contributed by atoms with Crippen molar-refractivity contribution in [3.63, 3.8) is 0 Å². The van der Waals surface area contributed by atoms with Gasteiger partial charge in [0.15, 0.2) is 10.9 Å². The van der Waals surface area contributed by atoms with Crippen LogP contribution in [0.1, 0.15) is 16.1 Å². The number of hydrazine groups is 1. The molecule has 0 saturated carbocycles. The molecule has 0 fully saturated rings. The smallest absolute Gasteiger partial charge is 0.305 e. The topological polar surface area (TPSA) is 104 Å². The van der Waals surface area contributed by atoms with E-state index in [2.05, 4.69) is 15.8 Å². The fourth-order valence-electron chi connectivity index (χ4n) is 2.88. The number of benzene rings is 2. The number of hydrogen-bond donors (Lipinski definition) is 2. The van der Waals surface area contributed by atoms with Crippen molar-refractivity contribution in [1.29, 1.82) is 0 Å². The molecule has 0 saturated heterocycles. The minimum atomic E-state index is -0.604. The number of carbonyl (C=O) groups is 3. The molecule has 3 amide bonds. The first-order chi connectivity index (χ1) is 16.0. The van der Waals surface area contributed by atoms with Crippen molar-refractivity contribution in [3.8, 4) is 0 Å². The summed E-state index contributed by atoms with van der Waals surface area (Å²) in [6.45, 7) is 0. The molecule has 166 valence electrons. The van der Waals surface area contributed by atoms with E-state index in [9.17, 15) is 18.8 Å². The highest BCUT2D eigenvalue weighted by atomic mass is 32.2. The van der Waals surface area contributed by atoms with E-state index in [1.165, 1.54) is 41.5 Å². The lowest BCUT2D eigenvalue weighted by atomic mass is 10.2. The van der Waals surface area contributed by atoms with Crippen molar-refractivity contribution in [3.05, 3.63) is 95.8 Å². The van der Waals surface area contributed by atoms with Gasteiger partial charge in [-0.05, 0) is 48.0 Å². The van der Waals surface area contributed by atoms with Gasteiger partial charge in [-0.3, -0.25) is 30.1 Å². The van der Waals surface area contributed by atoms with Crippen LogP contribution in [0, 0.1) is 5.82 Å². The van der Waals surface area contributed by atoms with Crippen molar-refractivity contribution >= 4 is 46.4 Å². The maximum atomic E-state index is 13.4. The Labute approximate surface area is 192 Å². The Balaban J connectivity index is 1.48. The minimum absolute atomic E-state index is 0.0480. The van der Waals surface area contributed by atoms with Gasteiger partial charge in [0.25, 0.3) is 5.91 Å². The minimum Gasteiger partial charge on any atom is -0.459 e. The lowest BCUT2D eigenvalue weighted by molar-refractivity contribution is -0.119. The molecule has 2 aromatic carbocycles. The number of hydrogen-bond acceptors (Lipinski definition) is 6. The van der Waals surface area contributed by atoms with Gasteiger partial charge in [-0.25, -0.2) is 9.38 Å². The standard InChI is InChI=1S/C23H17FN4O4S/c24-16-8-10-17(11-9-16)28-22(31)18(13-15-5-2-1-3-6-15)25-23(28)33-14-20(29)26-27-21(30)19-7-4-12-32-19/h1-13H,14H2,(H,26,29)(H,27,30)/b18-13+. The molecule has 8 nitrogen and oxygen atoms in total. The summed E-state index contributed by atoms with van der Waals surface area (Å²) in [5, 5.41) is 0.251. The van der Waals surface area contributed by atoms with E-state index in [4.69, 9.17) is 4.42 Å². The van der Waals surface area contributed by atoms with Crippen LogP contribution >= 0.6 is 11.8 Å². The maximum Gasteiger partial charge on any atom is 0.305 e. The van der Waals surface area contributed by atoms with E-state index in [-0.39, 0.29) is 22.4 Å². The summed E-state index contributed by atoms with van der Waals surface area (Å²) in [6, 6.07) is 17.6. The summed E-state index contributed by atoms with van der Waals surface area (Å²) < 4.78 is 18.3. The van der Waals surface area contributed by atoms with Crippen molar-refractivity contribution in [1.82, 2.24) is 10.9 Å². The summed E-state index contributed by atoms with van der Waals surface area (Å²) >= 11 is 1.00. The third kappa shape index (κ3) is 5.36. The number of amidine groups is 1. The number of halogens is 1. The van der Waals surface area contributed by atoms with E-state index < -0.39 is 23.5 Å². The predicted octanol–water partition coefficient (Wildman–Crippen LogP) is 3.36. The molecule has 0 atom stereocenters. The molecule has 1 aromatic heterocycles. The summed E-state index contributed by atoms with van der Waals surface area (Å²) in [7, 11) is 0. The van der Waals surface area contributed by atoms with E-state index in [1.807, 2.05) is 30.3 Å². The van der Waals surface area contributed by atoms with E-state index in [0.29, 0.717) is 5.69 Å². The van der Waals surface area contributed by atoms with Crippen molar-refractivity contribution in [2.75, 3.05) is 10.7 Å². The molecule has 2 N–H and O–H groups in total. The number of anilines is 1. The molecule has 3 aromatic rings. The number of carbonyl (C=O) groups excluding carboxylic acids is 3. The molecule has 1 aliphatic rings. The third-order valence-electron chi connectivity index (χ3n) is 4.41. The molecular weight excluding hydrogens is 447 g/mol. The molecule has 2 heterocycles. The Kier molecular flexibility index (Phi) is 6.65. The molecule has 0 spiro atoms. The molecule has 0 bridgehead atoms. The quantitative estimate of drug-likeness (QED) is 0.445. The zero-order chi connectivity index (χ0) is 23.2. The van der Waals surface area contributed by atoms with Gasteiger partial charge in [-0.1, -0.05) is 42.1 Å². The van der Waals surface area contributed by atoms with Crippen LogP contribution in [-0.2, 0) is 9.59 Å². The van der Waals surface area contributed by atoms with Gasteiger partial charge in [0.2, 0.25) is 5.91 Å². The van der Waals surface area contributed by atoms with Crippen molar-refractivity contribution in [2.45, 2.75) is 0 Å². The van der Waals surface area contributed by atoms with Crippen LogP contribution in [-0.4, -0.2) is 28.6 Å². The number of thioether (sulfide) groups is 1. The van der Waals surface area contributed by atoms with Gasteiger partial charge in [0.05, 0.1) is 17.7 Å². The molecule has 4 rings (SSSR count). The summed E-state index contributed by atoms with van der Waals surface area (Å²) in [5.41, 5.74) is 5.90. The van der Waals surface area contributed by atoms with Crippen LogP contribution < -0.4 is 15.8 Å². The second-order valence-corrected chi connectivity index (χ2v) is 7.66. The van der Waals surface area contributed by atoms with Gasteiger partial charge >= 0.3 is 5.91 Å². The normalized spacial score (nSPS) is 14.3. The second kappa shape index (κ2) is 9.96. The van der Waals surface area contributed by atoms with E-state index >= 15 is 0 Å². The first-order valence-electron chi connectivity index (χ1n) is 9.72. The van der Waals surface area contributed by atoms with Crippen LogP contribution in [0.5, 0.6) is 0 Å². The van der Waals surface area contributed by atoms with Crippen LogP contribution in [0.25, 0.3) is 6.08 Å². The lowest BCUT2D eigenvalue weighted by Gasteiger charge is -2.17. The van der Waals surface area contributed by atoms with Gasteiger partial charge in [0, 0.05) is 0 Å².